The molecule has 0 fully saturated rings. The number of benzene rings is 2. The van der Waals surface area contributed by atoms with Crippen molar-refractivity contribution in [2.24, 2.45) is 0 Å². The number of thioether (sulfide) groups is 1. The first-order valence-corrected chi connectivity index (χ1v) is 10.5. The van der Waals surface area contributed by atoms with E-state index in [9.17, 15) is 4.79 Å². The summed E-state index contributed by atoms with van der Waals surface area (Å²) in [5.41, 5.74) is 3.27. The van der Waals surface area contributed by atoms with Crippen molar-refractivity contribution in [2.45, 2.75) is 43.2 Å². The molecule has 2 atom stereocenters. The molecule has 2 heterocycles. The Kier molecular flexibility index (Phi) is 5.58. The van der Waals surface area contributed by atoms with E-state index >= 15 is 0 Å². The van der Waals surface area contributed by atoms with E-state index in [1.165, 1.54) is 17.3 Å². The van der Waals surface area contributed by atoms with E-state index in [0.717, 1.165) is 23.4 Å². The predicted molar refractivity (Wildman–Crippen MR) is 113 cm³/mol. The molecule has 0 aliphatic carbocycles. The SMILES string of the molecule is COc1ccc(Cc2nnc(S[C@@H](C)C(=O)N3c4ccccc4C[C@@H]3C)o2)cc1. The minimum atomic E-state index is -0.321. The van der Waals surface area contributed by atoms with Crippen molar-refractivity contribution in [2.75, 3.05) is 12.0 Å². The van der Waals surface area contributed by atoms with E-state index in [-0.39, 0.29) is 17.2 Å². The number of carbonyl (C=O) groups is 1. The first kappa shape index (κ1) is 19.5. The van der Waals surface area contributed by atoms with Gasteiger partial charge in [-0.15, -0.1) is 10.2 Å². The zero-order valence-electron chi connectivity index (χ0n) is 16.7. The third-order valence-electron chi connectivity index (χ3n) is 5.03. The maximum atomic E-state index is 13.1. The third-order valence-corrected chi connectivity index (χ3v) is 5.95. The van der Waals surface area contributed by atoms with Gasteiger partial charge in [0.2, 0.25) is 11.8 Å². The minimum Gasteiger partial charge on any atom is -0.497 e. The molecule has 1 aromatic heterocycles. The molecule has 0 radical (unpaired) electrons. The Bertz CT molecular complexity index is 1000. The molecule has 0 unspecified atom stereocenters. The van der Waals surface area contributed by atoms with Crippen molar-refractivity contribution in [3.63, 3.8) is 0 Å². The van der Waals surface area contributed by atoms with E-state index in [1.807, 2.05) is 54.3 Å². The van der Waals surface area contributed by atoms with Crippen LogP contribution in [0.4, 0.5) is 5.69 Å². The number of fused-ring (bicyclic) bond motifs is 1. The summed E-state index contributed by atoms with van der Waals surface area (Å²) in [4.78, 5) is 15.0. The molecule has 1 amide bonds. The average Bonchev–Trinajstić information content (AvgIpc) is 3.30. The maximum absolute atomic E-state index is 13.1. The Hall–Kier alpha value is -2.80. The van der Waals surface area contributed by atoms with E-state index in [0.29, 0.717) is 17.5 Å². The molecule has 0 saturated heterocycles. The second-order valence-corrected chi connectivity index (χ2v) is 8.43. The van der Waals surface area contributed by atoms with Crippen LogP contribution in [0.2, 0.25) is 0 Å². The van der Waals surface area contributed by atoms with E-state index in [2.05, 4.69) is 23.2 Å². The van der Waals surface area contributed by atoms with Crippen LogP contribution < -0.4 is 9.64 Å². The van der Waals surface area contributed by atoms with Gasteiger partial charge in [0.1, 0.15) is 5.75 Å². The van der Waals surface area contributed by atoms with Gasteiger partial charge in [-0.3, -0.25) is 4.79 Å². The molecule has 150 valence electrons. The highest BCUT2D eigenvalue weighted by Crippen LogP contribution is 2.34. The largest absolute Gasteiger partial charge is 0.497 e. The molecule has 7 heteroatoms. The van der Waals surface area contributed by atoms with Gasteiger partial charge in [0.15, 0.2) is 0 Å². The van der Waals surface area contributed by atoms with Crippen LogP contribution in [0, 0.1) is 0 Å². The van der Waals surface area contributed by atoms with Gasteiger partial charge in [-0.1, -0.05) is 42.1 Å². The Morgan fingerprint density at radius 2 is 2.00 bits per heavy atom. The van der Waals surface area contributed by atoms with Crippen molar-refractivity contribution in [1.82, 2.24) is 10.2 Å². The topological polar surface area (TPSA) is 68.5 Å². The van der Waals surface area contributed by atoms with Gasteiger partial charge in [0, 0.05) is 11.7 Å². The number of methoxy groups -OCH3 is 1. The van der Waals surface area contributed by atoms with Gasteiger partial charge in [-0.2, -0.15) is 0 Å². The fraction of sp³-hybridized carbons (Fsp3) is 0.318. The van der Waals surface area contributed by atoms with Crippen molar-refractivity contribution in [3.05, 3.63) is 65.5 Å². The van der Waals surface area contributed by atoms with E-state index < -0.39 is 0 Å². The number of nitrogens with zero attached hydrogens (tertiary/aromatic N) is 3. The van der Waals surface area contributed by atoms with Gasteiger partial charge in [0.05, 0.1) is 18.8 Å². The quantitative estimate of drug-likeness (QED) is 0.570. The highest BCUT2D eigenvalue weighted by molar-refractivity contribution is 8.00. The van der Waals surface area contributed by atoms with Crippen LogP contribution in [-0.4, -0.2) is 34.5 Å². The highest BCUT2D eigenvalue weighted by Gasteiger charge is 2.34. The summed E-state index contributed by atoms with van der Waals surface area (Å²) in [6.45, 7) is 3.96. The molecule has 3 aromatic rings. The first-order chi connectivity index (χ1) is 14.0. The summed E-state index contributed by atoms with van der Waals surface area (Å²) in [7, 11) is 1.64. The summed E-state index contributed by atoms with van der Waals surface area (Å²) >= 11 is 1.30. The maximum Gasteiger partial charge on any atom is 0.277 e. The average molecular weight is 410 g/mol. The Labute approximate surface area is 174 Å². The number of anilines is 1. The molecule has 1 aliphatic rings. The van der Waals surface area contributed by atoms with Gasteiger partial charge in [-0.25, -0.2) is 0 Å². The molecule has 6 nitrogen and oxygen atoms in total. The third kappa shape index (κ3) is 4.15. The van der Waals surface area contributed by atoms with Crippen molar-refractivity contribution in [3.8, 4) is 5.75 Å². The van der Waals surface area contributed by atoms with Gasteiger partial charge >= 0.3 is 0 Å². The molecule has 4 rings (SSSR count). The summed E-state index contributed by atoms with van der Waals surface area (Å²) in [6, 6.07) is 16.0. The number of aromatic nitrogens is 2. The second kappa shape index (κ2) is 8.29. The Morgan fingerprint density at radius 1 is 1.24 bits per heavy atom. The van der Waals surface area contributed by atoms with Crippen molar-refractivity contribution < 1.29 is 13.9 Å². The summed E-state index contributed by atoms with van der Waals surface area (Å²) in [6.07, 6.45) is 1.42. The zero-order valence-corrected chi connectivity index (χ0v) is 17.5. The fourth-order valence-corrected chi connectivity index (χ4v) is 4.32. The van der Waals surface area contributed by atoms with Gasteiger partial charge in [-0.05, 0) is 49.6 Å². The first-order valence-electron chi connectivity index (χ1n) is 9.58. The molecule has 1 aliphatic heterocycles. The predicted octanol–water partition coefficient (Wildman–Crippen LogP) is 4.13. The van der Waals surface area contributed by atoms with Crippen molar-refractivity contribution in [1.29, 1.82) is 0 Å². The number of ether oxygens (including phenoxy) is 1. The Balaban J connectivity index is 1.41. The lowest BCUT2D eigenvalue weighted by atomic mass is 10.1. The van der Waals surface area contributed by atoms with Crippen LogP contribution in [0.1, 0.15) is 30.9 Å². The normalized spacial score (nSPS) is 16.5. The summed E-state index contributed by atoms with van der Waals surface area (Å²) < 4.78 is 10.9. The van der Waals surface area contributed by atoms with Crippen LogP contribution in [0.5, 0.6) is 5.75 Å². The summed E-state index contributed by atoms with van der Waals surface area (Å²) in [5, 5.41) is 8.32. The number of hydrogen-bond donors (Lipinski definition) is 0. The molecule has 29 heavy (non-hydrogen) atoms. The van der Waals surface area contributed by atoms with Crippen LogP contribution in [0.25, 0.3) is 0 Å². The van der Waals surface area contributed by atoms with Crippen LogP contribution in [0.15, 0.2) is 58.2 Å². The zero-order chi connectivity index (χ0) is 20.4. The molecule has 2 aromatic carbocycles. The molecule has 0 saturated carbocycles. The lowest BCUT2D eigenvalue weighted by Gasteiger charge is -2.25. The monoisotopic (exact) mass is 409 g/mol. The van der Waals surface area contributed by atoms with E-state index in [1.54, 1.807) is 7.11 Å². The van der Waals surface area contributed by atoms with Crippen LogP contribution >= 0.6 is 11.8 Å². The lowest BCUT2D eigenvalue weighted by molar-refractivity contribution is -0.118. The number of rotatable bonds is 6. The van der Waals surface area contributed by atoms with Crippen LogP contribution in [-0.2, 0) is 17.6 Å². The molecular weight excluding hydrogens is 386 g/mol. The molecule has 0 spiro atoms. The van der Waals surface area contributed by atoms with Crippen LogP contribution in [0.3, 0.4) is 0 Å². The Morgan fingerprint density at radius 3 is 2.76 bits per heavy atom. The standard InChI is InChI=1S/C22H23N3O3S/c1-14-12-17-6-4-5-7-19(17)25(14)21(26)15(2)29-22-24-23-20(28-22)13-16-8-10-18(27-3)11-9-16/h4-11,14-15H,12-13H2,1-3H3/t14-,15-/m0/s1. The smallest absolute Gasteiger partial charge is 0.277 e. The highest BCUT2D eigenvalue weighted by atomic mass is 32.2. The number of carbonyl (C=O) groups excluding carboxylic acids is 1. The van der Waals surface area contributed by atoms with Gasteiger partial charge < -0.3 is 14.1 Å². The minimum absolute atomic E-state index is 0.0577. The van der Waals surface area contributed by atoms with E-state index in [4.69, 9.17) is 9.15 Å². The van der Waals surface area contributed by atoms with Gasteiger partial charge in [0.25, 0.3) is 5.22 Å². The van der Waals surface area contributed by atoms with Crippen molar-refractivity contribution >= 4 is 23.4 Å². The fourth-order valence-electron chi connectivity index (χ4n) is 3.57. The molecule has 0 bridgehead atoms. The second-order valence-electron chi connectivity index (χ2n) is 7.14. The number of para-hydroxylation sites is 1. The number of hydrogen-bond acceptors (Lipinski definition) is 6. The molecule has 0 N–H and O–H groups in total. The summed E-state index contributed by atoms with van der Waals surface area (Å²) in [5.74, 6) is 1.39. The number of amides is 1. The lowest BCUT2D eigenvalue weighted by Crippen LogP contribution is -2.40. The molecular formula is C22H23N3O3S.